The van der Waals surface area contributed by atoms with Gasteiger partial charge in [0.05, 0.1) is 10.8 Å². The van der Waals surface area contributed by atoms with Crippen molar-refractivity contribution in [2.75, 3.05) is 4.90 Å². The Bertz CT molecular complexity index is 918. The Kier molecular flexibility index (Phi) is 5.20. The number of carbonyl (C=O) groups is 1. The van der Waals surface area contributed by atoms with Crippen LogP contribution in [0, 0.1) is 16.0 Å². The summed E-state index contributed by atoms with van der Waals surface area (Å²) < 4.78 is 41.5. The molecule has 0 bridgehead atoms. The highest BCUT2D eigenvalue weighted by atomic mass is 35.5. The van der Waals surface area contributed by atoms with Crippen LogP contribution in [0.1, 0.15) is 11.1 Å². The molecule has 2 aromatic rings. The molecule has 6 nitrogen and oxygen atoms in total. The van der Waals surface area contributed by atoms with E-state index in [0.29, 0.717) is 16.1 Å². The molecule has 3 rings (SSSR count). The van der Waals surface area contributed by atoms with Crippen LogP contribution in [0.15, 0.2) is 42.5 Å². The number of non-ortho nitro benzene ring substituents is 1. The Labute approximate surface area is 162 Å². The minimum atomic E-state index is -4.79. The van der Waals surface area contributed by atoms with Crippen molar-refractivity contribution in [1.29, 1.82) is 0 Å². The Morgan fingerprint density at radius 3 is 2.43 bits per heavy atom. The molecular formula is C18H14ClF3N2O4. The van der Waals surface area contributed by atoms with E-state index < -0.39 is 29.0 Å². The predicted molar refractivity (Wildman–Crippen MR) is 95.4 cm³/mol. The molecule has 1 aliphatic heterocycles. The molecule has 0 saturated heterocycles. The maximum absolute atomic E-state index is 13.8. The molecule has 0 spiro atoms. The van der Waals surface area contributed by atoms with Gasteiger partial charge in [0.15, 0.2) is 0 Å². The number of carboxylic acid groups (broad SMARTS) is 1. The third kappa shape index (κ3) is 3.89. The maximum Gasteiger partial charge on any atom is 0.409 e. The van der Waals surface area contributed by atoms with Crippen molar-refractivity contribution in [2.24, 2.45) is 5.92 Å². The van der Waals surface area contributed by atoms with E-state index in [1.807, 2.05) is 0 Å². The number of carboxylic acids is 1. The normalized spacial score (nSPS) is 19.2. The lowest BCUT2D eigenvalue weighted by molar-refractivity contribution is -0.384. The van der Waals surface area contributed by atoms with Gasteiger partial charge in [0.1, 0.15) is 6.04 Å². The average Bonchev–Trinajstić information content (AvgIpc) is 2.60. The van der Waals surface area contributed by atoms with Crippen LogP contribution in [0.25, 0.3) is 0 Å². The molecule has 0 saturated carbocycles. The highest BCUT2D eigenvalue weighted by Crippen LogP contribution is 2.43. The van der Waals surface area contributed by atoms with Gasteiger partial charge in [0.2, 0.25) is 0 Å². The first-order chi connectivity index (χ1) is 13.1. The molecule has 1 aliphatic rings. The number of hydrogen-bond acceptors (Lipinski definition) is 4. The molecule has 2 unspecified atom stereocenters. The van der Waals surface area contributed by atoms with Gasteiger partial charge in [-0.25, -0.2) is 0 Å². The van der Waals surface area contributed by atoms with Gasteiger partial charge in [-0.15, -0.1) is 0 Å². The Morgan fingerprint density at radius 2 is 1.89 bits per heavy atom. The van der Waals surface area contributed by atoms with E-state index in [1.54, 1.807) is 0 Å². The van der Waals surface area contributed by atoms with Gasteiger partial charge < -0.3 is 10.0 Å². The van der Waals surface area contributed by atoms with Crippen LogP contribution in [-0.4, -0.2) is 28.2 Å². The van der Waals surface area contributed by atoms with Crippen LogP contribution in [-0.2, 0) is 17.8 Å². The third-order valence-corrected chi connectivity index (χ3v) is 4.90. The fourth-order valence-corrected chi connectivity index (χ4v) is 3.64. The van der Waals surface area contributed by atoms with Crippen LogP contribution in [0.4, 0.5) is 24.5 Å². The van der Waals surface area contributed by atoms with E-state index in [2.05, 4.69) is 0 Å². The molecule has 1 N–H and O–H groups in total. The molecule has 0 amide bonds. The first-order valence-electron chi connectivity index (χ1n) is 8.16. The minimum Gasteiger partial charge on any atom is -0.481 e. The van der Waals surface area contributed by atoms with E-state index in [4.69, 9.17) is 11.6 Å². The van der Waals surface area contributed by atoms with Crippen LogP contribution < -0.4 is 4.90 Å². The SMILES string of the molecule is O=C(O)C1Cc2cc(Cl)ccc2N(Cc2ccc([N+](=O)[O-])cc2)C1C(F)(F)F. The second-order valence-electron chi connectivity index (χ2n) is 6.46. The highest BCUT2D eigenvalue weighted by molar-refractivity contribution is 6.30. The number of nitrogens with zero attached hydrogens (tertiary/aromatic N) is 2. The summed E-state index contributed by atoms with van der Waals surface area (Å²) in [7, 11) is 0. The van der Waals surface area contributed by atoms with Crippen molar-refractivity contribution >= 4 is 28.9 Å². The first-order valence-corrected chi connectivity index (χ1v) is 8.53. The number of aliphatic carboxylic acids is 1. The van der Waals surface area contributed by atoms with Crippen molar-refractivity contribution in [1.82, 2.24) is 0 Å². The van der Waals surface area contributed by atoms with Crippen molar-refractivity contribution in [3.8, 4) is 0 Å². The summed E-state index contributed by atoms with van der Waals surface area (Å²) in [6.07, 6.45) is -5.09. The standard InChI is InChI=1S/C18H14ClF3N2O4/c19-12-3-6-15-11(7-12)8-14(17(25)26)16(18(20,21)22)23(15)9-10-1-4-13(5-2-10)24(27)28/h1-7,14,16H,8-9H2,(H,25,26). The zero-order valence-corrected chi connectivity index (χ0v) is 14.9. The molecule has 0 aromatic heterocycles. The number of hydrogen-bond donors (Lipinski definition) is 1. The Hall–Kier alpha value is -2.81. The summed E-state index contributed by atoms with van der Waals surface area (Å²) in [6.45, 7) is -0.263. The van der Waals surface area contributed by atoms with Gasteiger partial charge in [0, 0.05) is 29.4 Å². The number of rotatable bonds is 4. The fourth-order valence-electron chi connectivity index (χ4n) is 3.44. The summed E-state index contributed by atoms with van der Waals surface area (Å²) in [5.74, 6) is -3.26. The summed E-state index contributed by atoms with van der Waals surface area (Å²) in [5.41, 5.74) is 0.835. The van der Waals surface area contributed by atoms with Gasteiger partial charge in [0.25, 0.3) is 5.69 Å². The molecule has 0 fully saturated rings. The molecule has 148 valence electrons. The van der Waals surface area contributed by atoms with E-state index in [9.17, 15) is 33.2 Å². The van der Waals surface area contributed by atoms with E-state index in [-0.39, 0.29) is 24.3 Å². The van der Waals surface area contributed by atoms with Gasteiger partial charge in [-0.2, -0.15) is 13.2 Å². The molecule has 1 heterocycles. The summed E-state index contributed by atoms with van der Waals surface area (Å²) in [4.78, 5) is 22.7. The van der Waals surface area contributed by atoms with E-state index >= 15 is 0 Å². The number of nitro groups is 1. The predicted octanol–water partition coefficient (Wildman–Crippen LogP) is 4.44. The largest absolute Gasteiger partial charge is 0.481 e. The topological polar surface area (TPSA) is 83.7 Å². The van der Waals surface area contributed by atoms with Gasteiger partial charge >= 0.3 is 12.1 Å². The van der Waals surface area contributed by atoms with Gasteiger partial charge in [-0.05, 0) is 35.7 Å². The van der Waals surface area contributed by atoms with Gasteiger partial charge in [-0.3, -0.25) is 14.9 Å². The van der Waals surface area contributed by atoms with Crippen LogP contribution in [0.5, 0.6) is 0 Å². The second-order valence-corrected chi connectivity index (χ2v) is 6.90. The lowest BCUT2D eigenvalue weighted by Gasteiger charge is -2.43. The highest BCUT2D eigenvalue weighted by Gasteiger charge is 2.53. The van der Waals surface area contributed by atoms with Crippen LogP contribution in [0.3, 0.4) is 0 Å². The average molecular weight is 415 g/mol. The molecule has 10 heteroatoms. The number of alkyl halides is 3. The lowest BCUT2D eigenvalue weighted by Crippen LogP contribution is -2.55. The number of halogens is 4. The smallest absolute Gasteiger partial charge is 0.409 e. The monoisotopic (exact) mass is 414 g/mol. The number of anilines is 1. The van der Waals surface area contributed by atoms with Crippen molar-refractivity contribution in [2.45, 2.75) is 25.2 Å². The van der Waals surface area contributed by atoms with Crippen molar-refractivity contribution < 1.29 is 28.0 Å². The first kappa shape index (κ1) is 19.9. The van der Waals surface area contributed by atoms with Gasteiger partial charge in [-0.1, -0.05) is 23.7 Å². The zero-order valence-electron chi connectivity index (χ0n) is 14.2. The molecule has 28 heavy (non-hydrogen) atoms. The summed E-state index contributed by atoms with van der Waals surface area (Å²) in [5, 5.41) is 20.5. The fraction of sp³-hybridized carbons (Fsp3) is 0.278. The third-order valence-electron chi connectivity index (χ3n) is 4.66. The van der Waals surface area contributed by atoms with Crippen molar-refractivity contribution in [3.05, 3.63) is 68.7 Å². The molecule has 2 atom stereocenters. The molecule has 0 aliphatic carbocycles. The summed E-state index contributed by atoms with van der Waals surface area (Å²) >= 11 is 5.93. The van der Waals surface area contributed by atoms with Crippen molar-refractivity contribution in [3.63, 3.8) is 0 Å². The number of fused-ring (bicyclic) bond motifs is 1. The maximum atomic E-state index is 13.8. The van der Waals surface area contributed by atoms with E-state index in [1.165, 1.54) is 42.5 Å². The number of benzene rings is 2. The zero-order chi connectivity index (χ0) is 20.6. The quantitative estimate of drug-likeness (QED) is 0.590. The molecular weight excluding hydrogens is 401 g/mol. The Balaban J connectivity index is 2.07. The van der Waals surface area contributed by atoms with Crippen LogP contribution >= 0.6 is 11.6 Å². The number of nitro benzene ring substituents is 1. The van der Waals surface area contributed by atoms with Crippen LogP contribution in [0.2, 0.25) is 5.02 Å². The Morgan fingerprint density at radius 1 is 1.25 bits per heavy atom. The second kappa shape index (κ2) is 7.31. The molecule has 0 radical (unpaired) electrons. The lowest BCUT2D eigenvalue weighted by atomic mass is 9.84. The molecule has 2 aromatic carbocycles. The summed E-state index contributed by atoms with van der Waals surface area (Å²) in [6, 6.07) is 7.18. The minimum absolute atomic E-state index is 0.189. The van der Waals surface area contributed by atoms with E-state index in [0.717, 1.165) is 4.90 Å².